The molecule has 21 heavy (non-hydrogen) atoms. The van der Waals surface area contributed by atoms with Gasteiger partial charge in [-0.2, -0.15) is 0 Å². The summed E-state index contributed by atoms with van der Waals surface area (Å²) >= 11 is 0. The van der Waals surface area contributed by atoms with Gasteiger partial charge >= 0.3 is 0 Å². The summed E-state index contributed by atoms with van der Waals surface area (Å²) in [6.07, 6.45) is 0.0872. The smallest absolute Gasteiger partial charge is 0.261 e. The van der Waals surface area contributed by atoms with E-state index in [1.165, 1.54) is 4.57 Å². The van der Waals surface area contributed by atoms with Crippen LogP contribution in [0.2, 0.25) is 0 Å². The fourth-order valence-corrected chi connectivity index (χ4v) is 2.13. The Morgan fingerprint density at radius 1 is 1.29 bits per heavy atom. The van der Waals surface area contributed by atoms with E-state index in [9.17, 15) is 4.79 Å². The van der Waals surface area contributed by atoms with Gasteiger partial charge in [0.05, 0.1) is 17.4 Å². The van der Waals surface area contributed by atoms with Gasteiger partial charge in [0.1, 0.15) is 11.6 Å². The van der Waals surface area contributed by atoms with Gasteiger partial charge in [0.25, 0.3) is 5.56 Å². The summed E-state index contributed by atoms with van der Waals surface area (Å²) < 4.78 is 7.16. The van der Waals surface area contributed by atoms with Crippen molar-refractivity contribution in [1.82, 2.24) is 4.57 Å². The Morgan fingerprint density at radius 3 is 2.62 bits per heavy atom. The Hall–Kier alpha value is -2.56. The number of aromatic nitrogens is 1. The van der Waals surface area contributed by atoms with Gasteiger partial charge in [-0.1, -0.05) is 12.1 Å². The maximum atomic E-state index is 12.2. The van der Waals surface area contributed by atoms with Crippen molar-refractivity contribution in [3.63, 3.8) is 0 Å². The summed E-state index contributed by atoms with van der Waals surface area (Å²) in [5.74, 6) is 0.532. The Bertz CT molecular complexity index is 733. The van der Waals surface area contributed by atoms with E-state index in [4.69, 9.17) is 15.9 Å². The molecule has 0 aliphatic rings. The van der Waals surface area contributed by atoms with Gasteiger partial charge < -0.3 is 15.0 Å². The average molecular weight is 285 g/mol. The lowest BCUT2D eigenvalue weighted by Crippen LogP contribution is -2.28. The number of nitrogen functional groups attached to an aromatic ring is 1. The van der Waals surface area contributed by atoms with Crippen LogP contribution in [-0.4, -0.2) is 16.5 Å². The third-order valence-corrected chi connectivity index (χ3v) is 3.10. The predicted molar refractivity (Wildman–Crippen MR) is 83.9 cm³/mol. The standard InChI is InChI=1S/C16H19N3O2/c1-10(2)21-12-6-4-5-11(9-12)14-8-7-13(15(17)18)16(20)19(14)3/h4-10H,1-3H3,(H3,17,18). The van der Waals surface area contributed by atoms with Crippen LogP contribution in [-0.2, 0) is 7.05 Å². The van der Waals surface area contributed by atoms with Crippen LogP contribution in [0.15, 0.2) is 41.2 Å². The Balaban J connectivity index is 2.50. The van der Waals surface area contributed by atoms with E-state index in [1.54, 1.807) is 19.2 Å². The molecule has 3 N–H and O–H groups in total. The third-order valence-electron chi connectivity index (χ3n) is 3.10. The molecule has 0 saturated carbocycles. The molecule has 0 aliphatic carbocycles. The number of nitrogens with two attached hydrogens (primary N) is 1. The van der Waals surface area contributed by atoms with E-state index < -0.39 is 0 Å². The molecule has 1 aromatic heterocycles. The van der Waals surface area contributed by atoms with Crippen LogP contribution in [0.3, 0.4) is 0 Å². The van der Waals surface area contributed by atoms with Crippen LogP contribution in [0.1, 0.15) is 19.4 Å². The molecule has 0 saturated heterocycles. The number of pyridine rings is 1. The molecule has 5 nitrogen and oxygen atoms in total. The minimum atomic E-state index is -0.282. The van der Waals surface area contributed by atoms with E-state index >= 15 is 0 Å². The van der Waals surface area contributed by atoms with Crippen molar-refractivity contribution in [3.05, 3.63) is 52.3 Å². The highest BCUT2D eigenvalue weighted by molar-refractivity contribution is 5.94. The highest BCUT2D eigenvalue weighted by atomic mass is 16.5. The zero-order chi connectivity index (χ0) is 15.6. The maximum absolute atomic E-state index is 12.2. The molecule has 0 amide bonds. The van der Waals surface area contributed by atoms with E-state index in [0.29, 0.717) is 0 Å². The number of nitrogens with zero attached hydrogens (tertiary/aromatic N) is 1. The summed E-state index contributed by atoms with van der Waals surface area (Å²) in [5, 5.41) is 7.40. The predicted octanol–water partition coefficient (Wildman–Crippen LogP) is 2.12. The van der Waals surface area contributed by atoms with Gasteiger partial charge in [-0.15, -0.1) is 0 Å². The highest BCUT2D eigenvalue weighted by Crippen LogP contribution is 2.23. The number of amidine groups is 1. The van der Waals surface area contributed by atoms with Crippen LogP contribution in [0, 0.1) is 5.41 Å². The van der Waals surface area contributed by atoms with Crippen molar-refractivity contribution in [3.8, 4) is 17.0 Å². The lowest BCUT2D eigenvalue weighted by Gasteiger charge is -2.13. The monoisotopic (exact) mass is 285 g/mol. The lowest BCUT2D eigenvalue weighted by atomic mass is 10.1. The molecule has 1 heterocycles. The zero-order valence-corrected chi connectivity index (χ0v) is 12.4. The molecule has 0 atom stereocenters. The molecule has 0 fully saturated rings. The minimum absolute atomic E-state index is 0.0872. The zero-order valence-electron chi connectivity index (χ0n) is 12.4. The molecular weight excluding hydrogens is 266 g/mol. The van der Waals surface area contributed by atoms with Gasteiger partial charge in [-0.05, 0) is 38.1 Å². The normalized spacial score (nSPS) is 10.7. The summed E-state index contributed by atoms with van der Waals surface area (Å²) in [6.45, 7) is 3.92. The lowest BCUT2D eigenvalue weighted by molar-refractivity contribution is 0.242. The molecule has 5 heteroatoms. The van der Waals surface area contributed by atoms with Crippen molar-refractivity contribution < 1.29 is 4.74 Å². The van der Waals surface area contributed by atoms with Gasteiger partial charge in [-0.3, -0.25) is 10.2 Å². The highest BCUT2D eigenvalue weighted by Gasteiger charge is 2.10. The van der Waals surface area contributed by atoms with Crippen LogP contribution < -0.4 is 16.0 Å². The Morgan fingerprint density at radius 2 is 2.00 bits per heavy atom. The number of rotatable bonds is 4. The molecule has 0 bridgehead atoms. The Labute approximate surface area is 123 Å². The molecule has 2 aromatic rings. The first-order chi connectivity index (χ1) is 9.90. The van der Waals surface area contributed by atoms with E-state index in [2.05, 4.69) is 0 Å². The average Bonchev–Trinajstić information content (AvgIpc) is 2.41. The summed E-state index contributed by atoms with van der Waals surface area (Å²) in [4.78, 5) is 12.2. The topological polar surface area (TPSA) is 81.1 Å². The van der Waals surface area contributed by atoms with Crippen molar-refractivity contribution in [1.29, 1.82) is 5.41 Å². The minimum Gasteiger partial charge on any atom is -0.491 e. The fraction of sp³-hybridized carbons (Fsp3) is 0.250. The first kappa shape index (κ1) is 14.8. The quantitative estimate of drug-likeness (QED) is 0.667. The molecule has 0 unspecified atom stereocenters. The first-order valence-electron chi connectivity index (χ1n) is 6.71. The number of nitrogens with one attached hydrogen (secondary N) is 1. The van der Waals surface area contributed by atoms with Crippen LogP contribution in [0.4, 0.5) is 0 Å². The maximum Gasteiger partial charge on any atom is 0.261 e. The SMILES string of the molecule is CC(C)Oc1cccc(-c2ccc(C(=N)N)c(=O)n2C)c1. The molecule has 0 aliphatic heterocycles. The van der Waals surface area contributed by atoms with Gasteiger partial charge in [-0.25, -0.2) is 0 Å². The van der Waals surface area contributed by atoms with Gasteiger partial charge in [0, 0.05) is 12.6 Å². The van der Waals surface area contributed by atoms with Crippen LogP contribution in [0.5, 0.6) is 5.75 Å². The number of ether oxygens (including phenoxy) is 1. The molecule has 0 spiro atoms. The first-order valence-corrected chi connectivity index (χ1v) is 6.71. The van der Waals surface area contributed by atoms with Crippen molar-refractivity contribution in [2.24, 2.45) is 12.8 Å². The summed E-state index contributed by atoms with van der Waals surface area (Å²) in [5.41, 5.74) is 6.95. The second kappa shape index (κ2) is 5.83. The number of benzene rings is 1. The van der Waals surface area contributed by atoms with E-state index in [1.807, 2.05) is 38.1 Å². The molecule has 1 aromatic carbocycles. The summed E-state index contributed by atoms with van der Waals surface area (Å²) in [6, 6.07) is 10.9. The van der Waals surface area contributed by atoms with Gasteiger partial charge in [0.2, 0.25) is 0 Å². The van der Waals surface area contributed by atoms with Crippen LogP contribution in [0.25, 0.3) is 11.3 Å². The van der Waals surface area contributed by atoms with Crippen molar-refractivity contribution in [2.45, 2.75) is 20.0 Å². The fourth-order valence-electron chi connectivity index (χ4n) is 2.13. The third kappa shape index (κ3) is 3.13. The summed E-state index contributed by atoms with van der Waals surface area (Å²) in [7, 11) is 1.67. The van der Waals surface area contributed by atoms with E-state index in [-0.39, 0.29) is 23.1 Å². The molecule has 0 radical (unpaired) electrons. The molecular formula is C16H19N3O2. The van der Waals surface area contributed by atoms with Crippen molar-refractivity contribution in [2.75, 3.05) is 0 Å². The molecule has 110 valence electrons. The second-order valence-electron chi connectivity index (χ2n) is 5.10. The van der Waals surface area contributed by atoms with Crippen molar-refractivity contribution >= 4 is 5.84 Å². The molecule has 2 rings (SSSR count). The van der Waals surface area contributed by atoms with Gasteiger partial charge in [0.15, 0.2) is 0 Å². The van der Waals surface area contributed by atoms with Crippen LogP contribution >= 0.6 is 0 Å². The number of hydrogen-bond donors (Lipinski definition) is 2. The largest absolute Gasteiger partial charge is 0.491 e. The number of hydrogen-bond acceptors (Lipinski definition) is 3. The second-order valence-corrected chi connectivity index (χ2v) is 5.10. The van der Waals surface area contributed by atoms with E-state index in [0.717, 1.165) is 17.0 Å². The Kier molecular flexibility index (Phi) is 4.12.